The molecule has 0 aromatic carbocycles. The number of rotatable bonds is 3. The summed E-state index contributed by atoms with van der Waals surface area (Å²) in [7, 11) is 0. The summed E-state index contributed by atoms with van der Waals surface area (Å²) in [5.74, 6) is 0. The molecule has 0 amide bonds. The highest BCUT2D eigenvalue weighted by Gasteiger charge is 2.06. The normalized spacial score (nSPS) is 13.3. The summed E-state index contributed by atoms with van der Waals surface area (Å²) >= 11 is 5.73. The first-order valence-corrected chi connectivity index (χ1v) is 3.99. The van der Waals surface area contributed by atoms with Crippen molar-refractivity contribution in [2.75, 3.05) is 6.61 Å². The van der Waals surface area contributed by atoms with E-state index in [4.69, 9.17) is 21.8 Å². The lowest BCUT2D eigenvalue weighted by atomic mass is 10.4. The zero-order valence-corrected chi connectivity index (χ0v) is 7.49. The third-order valence-corrected chi connectivity index (χ3v) is 1.87. The smallest absolute Gasteiger partial charge is 0.0966 e. The average molecular weight is 191 g/mol. The highest BCUT2D eigenvalue weighted by molar-refractivity contribution is 6.31. The van der Waals surface area contributed by atoms with Crippen molar-refractivity contribution in [1.29, 1.82) is 0 Å². The van der Waals surface area contributed by atoms with Crippen molar-refractivity contribution in [3.8, 4) is 0 Å². The van der Waals surface area contributed by atoms with Crippen LogP contribution in [0.5, 0.6) is 0 Å². The van der Waals surface area contributed by atoms with Crippen molar-refractivity contribution < 1.29 is 10.2 Å². The van der Waals surface area contributed by atoms with Gasteiger partial charge in [-0.2, -0.15) is 5.10 Å². The largest absolute Gasteiger partial charge is 0.394 e. The topological polar surface area (TPSA) is 58.3 Å². The molecule has 1 atom stereocenters. The molecule has 0 aliphatic carbocycles. The first kappa shape index (κ1) is 9.51. The van der Waals surface area contributed by atoms with Crippen LogP contribution in [-0.2, 0) is 6.54 Å². The quantitative estimate of drug-likeness (QED) is 0.716. The molecule has 1 aromatic rings. The molecule has 0 fully saturated rings. The van der Waals surface area contributed by atoms with E-state index in [2.05, 4.69) is 5.10 Å². The molecule has 0 radical (unpaired) electrons. The molecule has 1 unspecified atom stereocenters. The molecule has 0 bridgehead atoms. The number of aliphatic hydroxyl groups is 2. The molecule has 0 saturated heterocycles. The Morgan fingerprint density at radius 3 is 2.83 bits per heavy atom. The van der Waals surface area contributed by atoms with Crippen LogP contribution in [0.4, 0.5) is 0 Å². The van der Waals surface area contributed by atoms with Crippen LogP contribution in [0.2, 0.25) is 5.02 Å². The van der Waals surface area contributed by atoms with E-state index in [1.807, 2.05) is 0 Å². The third kappa shape index (κ3) is 2.20. The van der Waals surface area contributed by atoms with Crippen molar-refractivity contribution in [1.82, 2.24) is 9.78 Å². The van der Waals surface area contributed by atoms with Gasteiger partial charge in [-0.3, -0.25) is 4.68 Å². The van der Waals surface area contributed by atoms with Gasteiger partial charge in [0.15, 0.2) is 0 Å². The molecule has 4 nitrogen and oxygen atoms in total. The summed E-state index contributed by atoms with van der Waals surface area (Å²) in [6.07, 6.45) is 0.843. The molecule has 2 N–H and O–H groups in total. The van der Waals surface area contributed by atoms with Gasteiger partial charge in [-0.05, 0) is 6.92 Å². The van der Waals surface area contributed by atoms with Crippen molar-refractivity contribution in [3.05, 3.63) is 16.9 Å². The number of hydrogen-bond donors (Lipinski definition) is 2. The fourth-order valence-corrected chi connectivity index (χ4v) is 1.01. The van der Waals surface area contributed by atoms with E-state index in [1.165, 1.54) is 4.68 Å². The Kier molecular flexibility index (Phi) is 3.08. The van der Waals surface area contributed by atoms with Crippen molar-refractivity contribution in [2.24, 2.45) is 0 Å². The van der Waals surface area contributed by atoms with Gasteiger partial charge in [-0.15, -0.1) is 0 Å². The molecule has 5 heteroatoms. The summed E-state index contributed by atoms with van der Waals surface area (Å²) in [4.78, 5) is 0. The van der Waals surface area contributed by atoms with Gasteiger partial charge in [0.05, 0.1) is 30.0 Å². The molecule has 68 valence electrons. The van der Waals surface area contributed by atoms with Crippen LogP contribution in [0.3, 0.4) is 0 Å². The molecular formula is C7H11ClN2O2. The Morgan fingerprint density at radius 2 is 2.42 bits per heavy atom. The second-order valence-electron chi connectivity index (χ2n) is 2.62. The van der Waals surface area contributed by atoms with E-state index in [0.29, 0.717) is 5.02 Å². The predicted octanol–water partition coefficient (Wildman–Crippen LogP) is 0.198. The lowest BCUT2D eigenvalue weighted by Crippen LogP contribution is -2.20. The molecule has 12 heavy (non-hydrogen) atoms. The number of nitrogens with zero attached hydrogens (tertiary/aromatic N) is 2. The van der Waals surface area contributed by atoms with Crippen LogP contribution in [0.1, 0.15) is 5.69 Å². The maximum Gasteiger partial charge on any atom is 0.0966 e. The third-order valence-electron chi connectivity index (χ3n) is 1.50. The van der Waals surface area contributed by atoms with Gasteiger partial charge in [0.25, 0.3) is 0 Å². The molecular weight excluding hydrogens is 180 g/mol. The van der Waals surface area contributed by atoms with Crippen LogP contribution >= 0.6 is 11.6 Å². The number of aliphatic hydroxyl groups excluding tert-OH is 2. The van der Waals surface area contributed by atoms with Crippen molar-refractivity contribution >= 4 is 11.6 Å². The van der Waals surface area contributed by atoms with Crippen LogP contribution < -0.4 is 0 Å². The van der Waals surface area contributed by atoms with Gasteiger partial charge in [0.1, 0.15) is 0 Å². The number of aromatic nitrogens is 2. The lowest BCUT2D eigenvalue weighted by Gasteiger charge is -2.05. The minimum atomic E-state index is -0.777. The monoisotopic (exact) mass is 190 g/mol. The molecule has 0 spiro atoms. The van der Waals surface area contributed by atoms with Gasteiger partial charge in [-0.1, -0.05) is 11.6 Å². The first-order valence-electron chi connectivity index (χ1n) is 3.62. The van der Waals surface area contributed by atoms with Gasteiger partial charge < -0.3 is 10.2 Å². The highest BCUT2D eigenvalue weighted by Crippen LogP contribution is 2.11. The second kappa shape index (κ2) is 3.89. The lowest BCUT2D eigenvalue weighted by molar-refractivity contribution is 0.0782. The fraction of sp³-hybridized carbons (Fsp3) is 0.571. The fourth-order valence-electron chi connectivity index (χ4n) is 0.861. The highest BCUT2D eigenvalue weighted by atomic mass is 35.5. The van der Waals surface area contributed by atoms with Crippen molar-refractivity contribution in [2.45, 2.75) is 19.6 Å². The van der Waals surface area contributed by atoms with E-state index < -0.39 is 6.10 Å². The maximum atomic E-state index is 9.06. The Hall–Kier alpha value is -0.580. The molecule has 0 saturated carbocycles. The van der Waals surface area contributed by atoms with Crippen LogP contribution in [0, 0.1) is 6.92 Å². The summed E-state index contributed by atoms with van der Waals surface area (Å²) in [5, 5.41) is 22.2. The molecule has 0 aliphatic rings. The maximum absolute atomic E-state index is 9.06. The van der Waals surface area contributed by atoms with E-state index in [0.717, 1.165) is 5.69 Å². The standard InChI is InChI=1S/C7H11ClN2O2/c1-5-7(8)3-10(9-5)2-6(12)4-11/h3,6,11-12H,2,4H2,1H3. The van der Waals surface area contributed by atoms with E-state index in [9.17, 15) is 0 Å². The zero-order valence-electron chi connectivity index (χ0n) is 6.74. The minimum absolute atomic E-state index is 0.267. The Morgan fingerprint density at radius 1 is 1.75 bits per heavy atom. The van der Waals surface area contributed by atoms with Crippen LogP contribution in [0.25, 0.3) is 0 Å². The van der Waals surface area contributed by atoms with Crippen molar-refractivity contribution in [3.63, 3.8) is 0 Å². The van der Waals surface area contributed by atoms with E-state index in [-0.39, 0.29) is 13.2 Å². The molecule has 0 aliphatic heterocycles. The summed E-state index contributed by atoms with van der Waals surface area (Å²) in [6.45, 7) is 1.78. The SMILES string of the molecule is Cc1nn(CC(O)CO)cc1Cl. The second-order valence-corrected chi connectivity index (χ2v) is 3.03. The summed E-state index contributed by atoms with van der Waals surface area (Å²) in [5.41, 5.74) is 0.724. The van der Waals surface area contributed by atoms with Crippen LogP contribution in [0.15, 0.2) is 6.20 Å². The minimum Gasteiger partial charge on any atom is -0.394 e. The van der Waals surface area contributed by atoms with Gasteiger partial charge >= 0.3 is 0 Å². The van der Waals surface area contributed by atoms with Gasteiger partial charge in [0, 0.05) is 6.20 Å². The number of hydrogen-bond acceptors (Lipinski definition) is 3. The zero-order chi connectivity index (χ0) is 9.14. The molecule has 1 heterocycles. The first-order chi connectivity index (χ1) is 5.63. The molecule has 1 aromatic heterocycles. The Labute approximate surface area is 75.4 Å². The van der Waals surface area contributed by atoms with Gasteiger partial charge in [0.2, 0.25) is 0 Å². The molecule has 1 rings (SSSR count). The van der Waals surface area contributed by atoms with Gasteiger partial charge in [-0.25, -0.2) is 0 Å². The van der Waals surface area contributed by atoms with Crippen LogP contribution in [-0.4, -0.2) is 32.7 Å². The number of aryl methyl sites for hydroxylation is 1. The summed E-state index contributed by atoms with van der Waals surface area (Å²) in [6, 6.07) is 0. The number of halogens is 1. The van der Waals surface area contributed by atoms with E-state index in [1.54, 1.807) is 13.1 Å². The Bertz CT molecular complexity index is 242. The Balaban J connectivity index is 2.64. The average Bonchev–Trinajstić information content (AvgIpc) is 2.31. The predicted molar refractivity (Wildman–Crippen MR) is 45.1 cm³/mol. The van der Waals surface area contributed by atoms with E-state index >= 15 is 0 Å². The summed E-state index contributed by atoms with van der Waals surface area (Å²) < 4.78 is 1.51.